The molecule has 0 amide bonds. The molecular weight excluding hydrogens is 154 g/mol. The zero-order valence-corrected chi connectivity index (χ0v) is 6.99. The number of nitrogens with zero attached hydrogens (tertiary/aromatic N) is 2. The molecule has 0 radical (unpaired) electrons. The van der Waals surface area contributed by atoms with Gasteiger partial charge in [-0.2, -0.15) is 4.98 Å². The van der Waals surface area contributed by atoms with E-state index in [0.29, 0.717) is 6.54 Å². The van der Waals surface area contributed by atoms with E-state index in [2.05, 4.69) is 4.98 Å². The van der Waals surface area contributed by atoms with Crippen LogP contribution in [0.2, 0.25) is 0 Å². The highest BCUT2D eigenvalue weighted by atomic mass is 16.5. The molecule has 4 nitrogen and oxygen atoms in total. The molecule has 0 saturated heterocycles. The standard InChI is InChI=1S/C8H13N3O/c9-5-7-6-11-3-1-2-4-12-8(11)10-7/h6H,1-5,9H2. The first-order chi connectivity index (χ1) is 5.90. The van der Waals surface area contributed by atoms with Gasteiger partial charge in [-0.3, -0.25) is 0 Å². The quantitative estimate of drug-likeness (QED) is 0.663. The van der Waals surface area contributed by atoms with Crippen LogP contribution in [0, 0.1) is 0 Å². The molecule has 1 aliphatic heterocycles. The van der Waals surface area contributed by atoms with E-state index in [9.17, 15) is 0 Å². The van der Waals surface area contributed by atoms with E-state index in [1.165, 1.54) is 0 Å². The lowest BCUT2D eigenvalue weighted by Crippen LogP contribution is -1.98. The van der Waals surface area contributed by atoms with Crippen LogP contribution in [0.25, 0.3) is 0 Å². The summed E-state index contributed by atoms with van der Waals surface area (Å²) in [7, 11) is 0. The molecule has 0 saturated carbocycles. The molecule has 0 fully saturated rings. The number of hydrogen-bond donors (Lipinski definition) is 1. The minimum atomic E-state index is 0.489. The Morgan fingerprint density at radius 2 is 2.50 bits per heavy atom. The Kier molecular flexibility index (Phi) is 1.99. The highest BCUT2D eigenvalue weighted by molar-refractivity contribution is 5.08. The lowest BCUT2D eigenvalue weighted by atomic mass is 10.3. The van der Waals surface area contributed by atoms with Gasteiger partial charge in [0.05, 0.1) is 12.3 Å². The molecule has 66 valence electrons. The summed E-state index contributed by atoms with van der Waals surface area (Å²) in [5.74, 6) is 0. The van der Waals surface area contributed by atoms with E-state index >= 15 is 0 Å². The summed E-state index contributed by atoms with van der Waals surface area (Å²) >= 11 is 0. The number of imidazole rings is 1. The van der Waals surface area contributed by atoms with Gasteiger partial charge >= 0.3 is 0 Å². The van der Waals surface area contributed by atoms with Crippen molar-refractivity contribution in [2.24, 2.45) is 5.73 Å². The first-order valence-corrected chi connectivity index (χ1v) is 4.29. The van der Waals surface area contributed by atoms with Gasteiger partial charge in [-0.1, -0.05) is 0 Å². The van der Waals surface area contributed by atoms with Crippen LogP contribution in [0.1, 0.15) is 18.5 Å². The van der Waals surface area contributed by atoms with Crippen LogP contribution in [-0.2, 0) is 13.1 Å². The summed E-state index contributed by atoms with van der Waals surface area (Å²) in [6.45, 7) is 2.27. The number of hydrogen-bond acceptors (Lipinski definition) is 3. The topological polar surface area (TPSA) is 53.1 Å². The second kappa shape index (κ2) is 3.15. The molecule has 0 aromatic carbocycles. The second-order valence-corrected chi connectivity index (χ2v) is 2.97. The highest BCUT2D eigenvalue weighted by Gasteiger charge is 2.10. The van der Waals surface area contributed by atoms with Crippen LogP contribution >= 0.6 is 0 Å². The maximum absolute atomic E-state index is 5.47. The van der Waals surface area contributed by atoms with E-state index in [1.54, 1.807) is 0 Å². The van der Waals surface area contributed by atoms with Gasteiger partial charge < -0.3 is 15.0 Å². The zero-order valence-electron chi connectivity index (χ0n) is 6.99. The van der Waals surface area contributed by atoms with Crippen molar-refractivity contribution in [3.05, 3.63) is 11.9 Å². The lowest BCUT2D eigenvalue weighted by Gasteiger charge is -1.99. The average molecular weight is 167 g/mol. The molecule has 0 spiro atoms. The summed E-state index contributed by atoms with van der Waals surface area (Å²) < 4.78 is 7.46. The number of aromatic nitrogens is 2. The Morgan fingerprint density at radius 1 is 1.58 bits per heavy atom. The molecule has 2 rings (SSSR count). The van der Waals surface area contributed by atoms with Crippen LogP contribution in [0.3, 0.4) is 0 Å². The molecule has 2 heterocycles. The van der Waals surface area contributed by atoms with Gasteiger partial charge in [0, 0.05) is 19.3 Å². The van der Waals surface area contributed by atoms with Crippen LogP contribution < -0.4 is 10.5 Å². The minimum Gasteiger partial charge on any atom is -0.465 e. The first-order valence-electron chi connectivity index (χ1n) is 4.29. The van der Waals surface area contributed by atoms with Crippen molar-refractivity contribution in [1.29, 1.82) is 0 Å². The predicted molar refractivity (Wildman–Crippen MR) is 44.8 cm³/mol. The van der Waals surface area contributed by atoms with Gasteiger partial charge in [0.2, 0.25) is 0 Å². The van der Waals surface area contributed by atoms with E-state index in [0.717, 1.165) is 37.7 Å². The van der Waals surface area contributed by atoms with Gasteiger partial charge in [-0.05, 0) is 12.8 Å². The van der Waals surface area contributed by atoms with Crippen molar-refractivity contribution in [1.82, 2.24) is 9.55 Å². The van der Waals surface area contributed by atoms with Crippen LogP contribution in [-0.4, -0.2) is 16.2 Å². The van der Waals surface area contributed by atoms with Gasteiger partial charge in [0.15, 0.2) is 0 Å². The maximum Gasteiger partial charge on any atom is 0.296 e. The lowest BCUT2D eigenvalue weighted by molar-refractivity contribution is 0.294. The van der Waals surface area contributed by atoms with E-state index < -0.39 is 0 Å². The molecule has 2 N–H and O–H groups in total. The average Bonchev–Trinajstić information content (AvgIpc) is 2.37. The summed E-state index contributed by atoms with van der Waals surface area (Å²) in [6, 6.07) is 0.730. The second-order valence-electron chi connectivity index (χ2n) is 2.97. The third-order valence-electron chi connectivity index (χ3n) is 2.02. The normalized spacial score (nSPS) is 16.4. The molecule has 1 aromatic rings. The number of aryl methyl sites for hydroxylation is 1. The van der Waals surface area contributed by atoms with Crippen molar-refractivity contribution in [2.75, 3.05) is 6.61 Å². The molecule has 0 aliphatic carbocycles. The molecule has 0 bridgehead atoms. The maximum atomic E-state index is 5.47. The Hall–Kier alpha value is -1.03. The van der Waals surface area contributed by atoms with Crippen LogP contribution in [0.5, 0.6) is 6.01 Å². The van der Waals surface area contributed by atoms with E-state index in [-0.39, 0.29) is 0 Å². The highest BCUT2D eigenvalue weighted by Crippen LogP contribution is 2.16. The minimum absolute atomic E-state index is 0.489. The fraction of sp³-hybridized carbons (Fsp3) is 0.625. The number of ether oxygens (including phenoxy) is 1. The fourth-order valence-electron chi connectivity index (χ4n) is 1.37. The number of rotatable bonds is 1. The smallest absolute Gasteiger partial charge is 0.296 e. The summed E-state index contributed by atoms with van der Waals surface area (Å²) in [5.41, 5.74) is 6.38. The van der Waals surface area contributed by atoms with Gasteiger partial charge in [0.1, 0.15) is 0 Å². The van der Waals surface area contributed by atoms with E-state index in [4.69, 9.17) is 10.5 Å². The molecule has 0 atom stereocenters. The van der Waals surface area contributed by atoms with Crippen molar-refractivity contribution in [2.45, 2.75) is 25.9 Å². The van der Waals surface area contributed by atoms with Crippen molar-refractivity contribution in [3.8, 4) is 6.01 Å². The fourth-order valence-corrected chi connectivity index (χ4v) is 1.37. The number of nitrogens with two attached hydrogens (primary N) is 1. The van der Waals surface area contributed by atoms with Gasteiger partial charge in [-0.15, -0.1) is 0 Å². The molecule has 4 heteroatoms. The summed E-state index contributed by atoms with van der Waals surface area (Å²) in [5, 5.41) is 0. The van der Waals surface area contributed by atoms with Crippen LogP contribution in [0.4, 0.5) is 0 Å². The Balaban J connectivity index is 2.26. The third kappa shape index (κ3) is 1.30. The van der Waals surface area contributed by atoms with Crippen LogP contribution in [0.15, 0.2) is 6.20 Å². The van der Waals surface area contributed by atoms with Gasteiger partial charge in [-0.25, -0.2) is 0 Å². The molecule has 1 aromatic heterocycles. The molecule has 1 aliphatic rings. The third-order valence-corrected chi connectivity index (χ3v) is 2.02. The Bertz CT molecular complexity index is 246. The van der Waals surface area contributed by atoms with Gasteiger partial charge in [0.25, 0.3) is 6.01 Å². The SMILES string of the molecule is NCc1cn2c(n1)OCCCC2. The number of fused-ring (bicyclic) bond motifs is 1. The van der Waals surface area contributed by atoms with Crippen molar-refractivity contribution >= 4 is 0 Å². The molecule has 0 unspecified atom stereocenters. The Labute approximate surface area is 71.3 Å². The van der Waals surface area contributed by atoms with Crippen molar-refractivity contribution < 1.29 is 4.74 Å². The monoisotopic (exact) mass is 167 g/mol. The Morgan fingerprint density at radius 3 is 3.33 bits per heavy atom. The van der Waals surface area contributed by atoms with Crippen molar-refractivity contribution in [3.63, 3.8) is 0 Å². The summed E-state index contributed by atoms with van der Waals surface area (Å²) in [4.78, 5) is 4.24. The zero-order chi connectivity index (χ0) is 8.39. The molecular formula is C8H13N3O. The van der Waals surface area contributed by atoms with E-state index in [1.807, 2.05) is 10.8 Å². The summed E-state index contributed by atoms with van der Waals surface area (Å²) in [6.07, 6.45) is 4.25. The predicted octanol–water partition coefficient (Wildman–Crippen LogP) is 0.514. The largest absolute Gasteiger partial charge is 0.465 e. The first kappa shape index (κ1) is 7.61. The molecule has 12 heavy (non-hydrogen) atoms.